The minimum Gasteiger partial charge on any atom is -0.333 e. The third-order valence-electron chi connectivity index (χ3n) is 5.65. The standard InChI is InChI=1S/C25H22ClN3O2S/c1-15-6-10-17(11-7-15)23-28-24(31-29-23)22-19-4-2-3-5-20(19)32-25(22)27-21(30)14-16-8-12-18(26)13-9-16/h6-13H,2-5,14H2,1H3,(H,27,30). The minimum absolute atomic E-state index is 0.0783. The van der Waals surface area contributed by atoms with Crippen LogP contribution in [0.1, 0.15) is 34.4 Å². The van der Waals surface area contributed by atoms with Crippen LogP contribution in [0.25, 0.3) is 22.8 Å². The first kappa shape index (κ1) is 20.9. The number of carbonyl (C=O) groups is 1. The molecule has 2 aromatic carbocycles. The lowest BCUT2D eigenvalue weighted by molar-refractivity contribution is -0.115. The molecule has 0 spiro atoms. The molecule has 1 amide bonds. The van der Waals surface area contributed by atoms with Gasteiger partial charge in [0.15, 0.2) is 0 Å². The number of thiophene rings is 1. The lowest BCUT2D eigenvalue weighted by atomic mass is 9.95. The van der Waals surface area contributed by atoms with Gasteiger partial charge in [-0.3, -0.25) is 4.79 Å². The molecule has 32 heavy (non-hydrogen) atoms. The first-order valence-corrected chi connectivity index (χ1v) is 11.9. The van der Waals surface area contributed by atoms with Crippen molar-refractivity contribution in [3.63, 3.8) is 0 Å². The predicted molar refractivity (Wildman–Crippen MR) is 128 cm³/mol. The van der Waals surface area contributed by atoms with Gasteiger partial charge in [0.1, 0.15) is 5.00 Å². The molecule has 4 aromatic rings. The van der Waals surface area contributed by atoms with Gasteiger partial charge in [0, 0.05) is 15.5 Å². The molecule has 1 N–H and O–H groups in total. The van der Waals surface area contributed by atoms with Crippen LogP contribution in [0.5, 0.6) is 0 Å². The Morgan fingerprint density at radius 1 is 1.09 bits per heavy atom. The van der Waals surface area contributed by atoms with E-state index in [4.69, 9.17) is 16.1 Å². The van der Waals surface area contributed by atoms with Gasteiger partial charge in [-0.2, -0.15) is 4.98 Å². The number of aromatic nitrogens is 2. The molecule has 0 unspecified atom stereocenters. The van der Waals surface area contributed by atoms with E-state index >= 15 is 0 Å². The summed E-state index contributed by atoms with van der Waals surface area (Å²) in [6.07, 6.45) is 4.52. The fourth-order valence-electron chi connectivity index (χ4n) is 3.98. The van der Waals surface area contributed by atoms with Gasteiger partial charge in [0.05, 0.1) is 12.0 Å². The van der Waals surface area contributed by atoms with E-state index in [1.807, 2.05) is 43.3 Å². The average molecular weight is 464 g/mol. The van der Waals surface area contributed by atoms with Crippen LogP contribution in [0.4, 0.5) is 5.00 Å². The molecule has 162 valence electrons. The van der Waals surface area contributed by atoms with Crippen molar-refractivity contribution < 1.29 is 9.32 Å². The van der Waals surface area contributed by atoms with Crippen LogP contribution in [-0.2, 0) is 24.1 Å². The minimum atomic E-state index is -0.0783. The number of benzene rings is 2. The molecule has 1 aliphatic carbocycles. The number of hydrogen-bond acceptors (Lipinski definition) is 5. The third kappa shape index (κ3) is 4.33. The van der Waals surface area contributed by atoms with E-state index in [0.717, 1.165) is 47.4 Å². The van der Waals surface area contributed by atoms with Crippen LogP contribution in [0.2, 0.25) is 5.02 Å². The molecule has 0 aliphatic heterocycles. The maximum atomic E-state index is 12.8. The Kier molecular flexibility index (Phi) is 5.81. The fourth-order valence-corrected chi connectivity index (χ4v) is 5.41. The van der Waals surface area contributed by atoms with Gasteiger partial charge >= 0.3 is 0 Å². The summed E-state index contributed by atoms with van der Waals surface area (Å²) in [5, 5.41) is 8.76. The Balaban J connectivity index is 1.45. The van der Waals surface area contributed by atoms with Gasteiger partial charge in [-0.15, -0.1) is 11.3 Å². The molecule has 0 atom stereocenters. The second kappa shape index (κ2) is 8.88. The van der Waals surface area contributed by atoms with Crippen LogP contribution in [0.3, 0.4) is 0 Å². The number of halogens is 1. The van der Waals surface area contributed by atoms with E-state index in [-0.39, 0.29) is 12.3 Å². The molecule has 5 rings (SSSR count). The molecule has 0 fully saturated rings. The van der Waals surface area contributed by atoms with Gasteiger partial charge < -0.3 is 9.84 Å². The quantitative estimate of drug-likeness (QED) is 0.367. The van der Waals surface area contributed by atoms with Crippen LogP contribution < -0.4 is 5.32 Å². The van der Waals surface area contributed by atoms with Gasteiger partial charge in [-0.05, 0) is 55.9 Å². The van der Waals surface area contributed by atoms with Crippen LogP contribution in [0.15, 0.2) is 53.1 Å². The summed E-state index contributed by atoms with van der Waals surface area (Å²) in [7, 11) is 0. The Bertz CT molecular complexity index is 1260. The highest BCUT2D eigenvalue weighted by atomic mass is 35.5. The summed E-state index contributed by atoms with van der Waals surface area (Å²) in [4.78, 5) is 18.8. The summed E-state index contributed by atoms with van der Waals surface area (Å²) in [6, 6.07) is 15.4. The van der Waals surface area contributed by atoms with Crippen molar-refractivity contribution in [2.45, 2.75) is 39.0 Å². The molecule has 2 aromatic heterocycles. The molecule has 0 bridgehead atoms. The number of aryl methyl sites for hydroxylation is 2. The smallest absolute Gasteiger partial charge is 0.261 e. The lowest BCUT2D eigenvalue weighted by Crippen LogP contribution is -2.14. The number of rotatable bonds is 5. The van der Waals surface area contributed by atoms with Crippen molar-refractivity contribution in [3.05, 3.63) is 75.1 Å². The fraction of sp³-hybridized carbons (Fsp3) is 0.240. The van der Waals surface area contributed by atoms with Gasteiger partial charge in [0.2, 0.25) is 11.7 Å². The highest BCUT2D eigenvalue weighted by molar-refractivity contribution is 7.17. The number of anilines is 1. The van der Waals surface area contributed by atoms with Crippen molar-refractivity contribution in [2.75, 3.05) is 5.32 Å². The zero-order valence-corrected chi connectivity index (χ0v) is 19.2. The number of amides is 1. The van der Waals surface area contributed by atoms with Crippen molar-refractivity contribution >= 4 is 33.8 Å². The first-order valence-electron chi connectivity index (χ1n) is 10.7. The van der Waals surface area contributed by atoms with E-state index in [9.17, 15) is 4.79 Å². The Hall–Kier alpha value is -2.96. The maximum Gasteiger partial charge on any atom is 0.261 e. The molecule has 2 heterocycles. The molecule has 0 radical (unpaired) electrons. The zero-order chi connectivity index (χ0) is 22.1. The van der Waals surface area contributed by atoms with E-state index in [1.165, 1.54) is 16.0 Å². The highest BCUT2D eigenvalue weighted by Gasteiger charge is 2.27. The maximum absolute atomic E-state index is 12.8. The Labute approximate surface area is 195 Å². The molecular weight excluding hydrogens is 442 g/mol. The zero-order valence-electron chi connectivity index (χ0n) is 17.7. The normalized spacial score (nSPS) is 13.1. The van der Waals surface area contributed by atoms with Crippen molar-refractivity contribution in [1.82, 2.24) is 10.1 Å². The third-order valence-corrected chi connectivity index (χ3v) is 7.11. The van der Waals surface area contributed by atoms with E-state index in [1.54, 1.807) is 23.5 Å². The van der Waals surface area contributed by atoms with Crippen molar-refractivity contribution in [1.29, 1.82) is 0 Å². The van der Waals surface area contributed by atoms with E-state index < -0.39 is 0 Å². The number of carbonyl (C=O) groups excluding carboxylic acids is 1. The van der Waals surface area contributed by atoms with Crippen LogP contribution in [-0.4, -0.2) is 16.0 Å². The van der Waals surface area contributed by atoms with E-state index in [0.29, 0.717) is 16.7 Å². The summed E-state index contributed by atoms with van der Waals surface area (Å²) in [5.74, 6) is 0.932. The second-order valence-electron chi connectivity index (χ2n) is 8.06. The van der Waals surface area contributed by atoms with Gasteiger partial charge in [-0.1, -0.05) is 58.7 Å². The summed E-state index contributed by atoms with van der Waals surface area (Å²) < 4.78 is 5.69. The number of nitrogens with one attached hydrogen (secondary N) is 1. The Morgan fingerprint density at radius 3 is 2.62 bits per heavy atom. The highest BCUT2D eigenvalue weighted by Crippen LogP contribution is 2.44. The number of fused-ring (bicyclic) bond motifs is 1. The van der Waals surface area contributed by atoms with Gasteiger partial charge in [0.25, 0.3) is 5.89 Å². The molecule has 0 saturated carbocycles. The molecule has 0 saturated heterocycles. The van der Waals surface area contributed by atoms with Crippen LogP contribution in [0, 0.1) is 6.92 Å². The Morgan fingerprint density at radius 2 is 1.84 bits per heavy atom. The first-order chi connectivity index (χ1) is 15.6. The topological polar surface area (TPSA) is 68.0 Å². The predicted octanol–water partition coefficient (Wildman–Crippen LogP) is 6.49. The summed E-state index contributed by atoms with van der Waals surface area (Å²) >= 11 is 7.58. The second-order valence-corrected chi connectivity index (χ2v) is 9.60. The molecule has 7 heteroatoms. The largest absolute Gasteiger partial charge is 0.333 e. The van der Waals surface area contributed by atoms with Crippen molar-refractivity contribution in [2.24, 2.45) is 0 Å². The SMILES string of the molecule is Cc1ccc(-c2noc(-c3c(NC(=O)Cc4ccc(Cl)cc4)sc4c3CCCC4)n2)cc1. The lowest BCUT2D eigenvalue weighted by Gasteiger charge is -2.11. The monoisotopic (exact) mass is 463 g/mol. The van der Waals surface area contributed by atoms with Crippen LogP contribution >= 0.6 is 22.9 Å². The number of hydrogen-bond donors (Lipinski definition) is 1. The summed E-state index contributed by atoms with van der Waals surface area (Å²) in [6.45, 7) is 2.04. The van der Waals surface area contributed by atoms with Gasteiger partial charge in [-0.25, -0.2) is 0 Å². The molecule has 5 nitrogen and oxygen atoms in total. The van der Waals surface area contributed by atoms with E-state index in [2.05, 4.69) is 15.5 Å². The molecular formula is C25H22ClN3O2S. The molecule has 1 aliphatic rings. The average Bonchev–Trinajstić information content (AvgIpc) is 3.40. The number of nitrogens with zero attached hydrogens (tertiary/aromatic N) is 2. The summed E-state index contributed by atoms with van der Waals surface area (Å²) in [5.41, 5.74) is 5.09. The van der Waals surface area contributed by atoms with Crippen molar-refractivity contribution in [3.8, 4) is 22.8 Å².